The van der Waals surface area contributed by atoms with Crippen LogP contribution in [0.15, 0.2) is 85.1 Å². The summed E-state index contributed by atoms with van der Waals surface area (Å²) < 4.78 is 48.3. The van der Waals surface area contributed by atoms with Gasteiger partial charge in [-0.3, -0.25) is 14.6 Å². The molecular formula is C30H26F3N3O4. The second-order valence-electron chi connectivity index (χ2n) is 9.40. The lowest BCUT2D eigenvalue weighted by Gasteiger charge is -2.39. The molecule has 10 heteroatoms. The normalized spacial score (nSPS) is 17.4. The molecule has 1 N–H and O–H groups in total. The number of rotatable bonds is 6. The molecule has 1 fully saturated rings. The first kappa shape index (κ1) is 27.0. The standard InChI is InChI=1S/C30H26F3N3O4/c1-39-26-14-13-21(20-11-7-16-34-27(20)26)29(38)36-17-15-24(23(18-36)19-8-3-2-4-9-19)35-28(37)22-10-5-6-12-25(22)40-30(31,32)33/h2-14,16,23-24H,15,17-18H2,1H3,(H,35,37)/t23-,24-/m1/s1. The number of aromatic nitrogens is 1. The lowest BCUT2D eigenvalue weighted by atomic mass is 9.85. The summed E-state index contributed by atoms with van der Waals surface area (Å²) in [5.41, 5.74) is 1.74. The Morgan fingerprint density at radius 2 is 1.68 bits per heavy atom. The average Bonchev–Trinajstić information content (AvgIpc) is 2.96. The van der Waals surface area contributed by atoms with Crippen LogP contribution >= 0.6 is 0 Å². The molecule has 1 aliphatic heterocycles. The van der Waals surface area contributed by atoms with Gasteiger partial charge in [0.15, 0.2) is 0 Å². The molecule has 2 heterocycles. The number of pyridine rings is 1. The van der Waals surface area contributed by atoms with E-state index in [1.165, 1.54) is 18.2 Å². The van der Waals surface area contributed by atoms with Gasteiger partial charge in [-0.15, -0.1) is 13.2 Å². The molecule has 206 valence electrons. The number of alkyl halides is 3. The van der Waals surface area contributed by atoms with Gasteiger partial charge in [0.1, 0.15) is 17.0 Å². The lowest BCUT2D eigenvalue weighted by molar-refractivity contribution is -0.274. The minimum absolute atomic E-state index is 0.185. The summed E-state index contributed by atoms with van der Waals surface area (Å²) in [6.07, 6.45) is -2.90. The summed E-state index contributed by atoms with van der Waals surface area (Å²) in [4.78, 5) is 33.1. The summed E-state index contributed by atoms with van der Waals surface area (Å²) in [6, 6.07) is 21.2. The molecule has 0 unspecified atom stereocenters. The zero-order valence-corrected chi connectivity index (χ0v) is 21.5. The Labute approximate surface area is 228 Å². The van der Waals surface area contributed by atoms with Crippen molar-refractivity contribution in [2.45, 2.75) is 24.7 Å². The van der Waals surface area contributed by atoms with Crippen LogP contribution in [0.2, 0.25) is 0 Å². The predicted octanol–water partition coefficient (Wildman–Crippen LogP) is 5.57. The Morgan fingerprint density at radius 1 is 0.925 bits per heavy atom. The lowest BCUT2D eigenvalue weighted by Crippen LogP contribution is -2.51. The van der Waals surface area contributed by atoms with Crippen LogP contribution in [-0.4, -0.2) is 54.3 Å². The number of methoxy groups -OCH3 is 1. The summed E-state index contributed by atoms with van der Waals surface area (Å²) in [6.45, 7) is 0.629. The highest BCUT2D eigenvalue weighted by atomic mass is 19.4. The maximum absolute atomic E-state index is 13.8. The maximum atomic E-state index is 13.8. The summed E-state index contributed by atoms with van der Waals surface area (Å²) >= 11 is 0. The number of likely N-dealkylation sites (tertiary alicyclic amines) is 1. The third-order valence-corrected chi connectivity index (χ3v) is 6.98. The molecule has 1 aliphatic rings. The SMILES string of the molecule is COc1ccc(C(=O)N2CC[C@@H](NC(=O)c3ccccc3OC(F)(F)F)[C@@H](c3ccccc3)C2)c2cccnc12. The Balaban J connectivity index is 1.41. The third-order valence-electron chi connectivity index (χ3n) is 6.98. The van der Waals surface area contributed by atoms with E-state index < -0.39 is 24.1 Å². The van der Waals surface area contributed by atoms with E-state index in [1.54, 1.807) is 36.4 Å². The van der Waals surface area contributed by atoms with Crippen molar-refractivity contribution >= 4 is 22.7 Å². The van der Waals surface area contributed by atoms with E-state index in [-0.39, 0.29) is 17.4 Å². The van der Waals surface area contributed by atoms with Crippen molar-refractivity contribution in [1.82, 2.24) is 15.2 Å². The van der Waals surface area contributed by atoms with Gasteiger partial charge in [0.2, 0.25) is 0 Å². The minimum atomic E-state index is -4.93. The van der Waals surface area contributed by atoms with Gasteiger partial charge in [-0.05, 0) is 42.3 Å². The fourth-order valence-corrected chi connectivity index (χ4v) is 5.13. The number of piperidine rings is 1. The zero-order valence-electron chi connectivity index (χ0n) is 21.5. The molecule has 2 atom stereocenters. The number of para-hydroxylation sites is 1. The van der Waals surface area contributed by atoms with Gasteiger partial charge in [0.05, 0.1) is 12.7 Å². The van der Waals surface area contributed by atoms with Crippen LogP contribution in [0.3, 0.4) is 0 Å². The number of halogens is 3. The van der Waals surface area contributed by atoms with Crippen LogP contribution in [0, 0.1) is 0 Å². The van der Waals surface area contributed by atoms with Crippen molar-refractivity contribution in [2.75, 3.05) is 20.2 Å². The van der Waals surface area contributed by atoms with Crippen LogP contribution in [0.25, 0.3) is 10.9 Å². The highest BCUT2D eigenvalue weighted by Gasteiger charge is 2.36. The second kappa shape index (κ2) is 11.3. The van der Waals surface area contributed by atoms with Crippen LogP contribution < -0.4 is 14.8 Å². The number of amides is 2. The van der Waals surface area contributed by atoms with Crippen molar-refractivity contribution in [2.24, 2.45) is 0 Å². The van der Waals surface area contributed by atoms with Gasteiger partial charge in [0.25, 0.3) is 11.8 Å². The number of fused-ring (bicyclic) bond motifs is 1. The molecule has 7 nitrogen and oxygen atoms in total. The average molecular weight is 550 g/mol. The van der Waals surface area contributed by atoms with Gasteiger partial charge in [0, 0.05) is 42.2 Å². The molecule has 1 aromatic heterocycles. The molecule has 0 radical (unpaired) electrons. The van der Waals surface area contributed by atoms with Crippen molar-refractivity contribution in [3.8, 4) is 11.5 Å². The van der Waals surface area contributed by atoms with Crippen molar-refractivity contribution in [1.29, 1.82) is 0 Å². The van der Waals surface area contributed by atoms with Crippen molar-refractivity contribution < 1.29 is 32.2 Å². The molecule has 2 amide bonds. The topological polar surface area (TPSA) is 80.8 Å². The minimum Gasteiger partial charge on any atom is -0.494 e. The van der Waals surface area contributed by atoms with E-state index in [4.69, 9.17) is 4.74 Å². The number of ether oxygens (including phenoxy) is 2. The number of carbonyl (C=O) groups excluding carboxylic acids is 2. The van der Waals surface area contributed by atoms with Crippen LogP contribution in [0.4, 0.5) is 13.2 Å². The molecular weight excluding hydrogens is 523 g/mol. The summed E-state index contributed by atoms with van der Waals surface area (Å²) in [5, 5.41) is 3.57. The molecule has 40 heavy (non-hydrogen) atoms. The first-order valence-corrected chi connectivity index (χ1v) is 12.7. The van der Waals surface area contributed by atoms with Crippen molar-refractivity contribution in [3.63, 3.8) is 0 Å². The van der Waals surface area contributed by atoms with E-state index in [0.717, 1.165) is 11.6 Å². The maximum Gasteiger partial charge on any atom is 0.573 e. The van der Waals surface area contributed by atoms with Crippen LogP contribution in [0.5, 0.6) is 11.5 Å². The smallest absolute Gasteiger partial charge is 0.494 e. The van der Waals surface area contributed by atoms with Crippen LogP contribution in [-0.2, 0) is 0 Å². The third kappa shape index (κ3) is 5.70. The molecule has 0 spiro atoms. The van der Waals surface area contributed by atoms with E-state index in [2.05, 4.69) is 15.0 Å². The Morgan fingerprint density at radius 3 is 2.42 bits per heavy atom. The van der Waals surface area contributed by atoms with Crippen LogP contribution in [0.1, 0.15) is 38.6 Å². The number of nitrogens with zero attached hydrogens (tertiary/aromatic N) is 2. The Kier molecular flexibility index (Phi) is 7.59. The van der Waals surface area contributed by atoms with Gasteiger partial charge < -0.3 is 19.7 Å². The Bertz CT molecular complexity index is 1530. The highest BCUT2D eigenvalue weighted by Crippen LogP contribution is 2.32. The van der Waals surface area contributed by atoms with Crippen molar-refractivity contribution in [3.05, 3.63) is 102 Å². The second-order valence-corrected chi connectivity index (χ2v) is 9.40. The summed E-state index contributed by atoms with van der Waals surface area (Å²) in [7, 11) is 1.54. The molecule has 3 aromatic carbocycles. The Hall–Kier alpha value is -4.60. The number of hydrogen-bond acceptors (Lipinski definition) is 5. The fourth-order valence-electron chi connectivity index (χ4n) is 5.13. The molecule has 4 aromatic rings. The van der Waals surface area contributed by atoms with Gasteiger partial charge in [-0.25, -0.2) is 0 Å². The number of carbonyl (C=O) groups is 2. The van der Waals surface area contributed by atoms with E-state index in [9.17, 15) is 22.8 Å². The number of hydrogen-bond donors (Lipinski definition) is 1. The zero-order chi connectivity index (χ0) is 28.3. The highest BCUT2D eigenvalue weighted by molar-refractivity contribution is 6.07. The van der Waals surface area contributed by atoms with Gasteiger partial charge in [-0.2, -0.15) is 0 Å². The van der Waals surface area contributed by atoms with Gasteiger partial charge in [-0.1, -0.05) is 48.5 Å². The molecule has 0 saturated carbocycles. The largest absolute Gasteiger partial charge is 0.573 e. The quantitative estimate of drug-likeness (QED) is 0.340. The number of nitrogens with one attached hydrogen (secondary N) is 1. The monoisotopic (exact) mass is 549 g/mol. The molecule has 0 aliphatic carbocycles. The molecule has 0 bridgehead atoms. The molecule has 1 saturated heterocycles. The van der Waals surface area contributed by atoms with E-state index in [0.29, 0.717) is 41.7 Å². The first-order chi connectivity index (χ1) is 19.2. The van der Waals surface area contributed by atoms with E-state index in [1.807, 2.05) is 36.4 Å². The number of benzene rings is 3. The predicted molar refractivity (Wildman–Crippen MR) is 142 cm³/mol. The molecule has 5 rings (SSSR count). The van der Waals surface area contributed by atoms with Gasteiger partial charge >= 0.3 is 6.36 Å². The van der Waals surface area contributed by atoms with E-state index >= 15 is 0 Å². The summed E-state index contributed by atoms with van der Waals surface area (Å²) in [5.74, 6) is -1.18. The fraction of sp³-hybridized carbons (Fsp3) is 0.233. The first-order valence-electron chi connectivity index (χ1n) is 12.7.